The van der Waals surface area contributed by atoms with E-state index in [-0.39, 0.29) is 24.7 Å². The fraction of sp³-hybridized carbons (Fsp3) is 0.455. The number of nitrogens with two attached hydrogens (primary N) is 1. The van der Waals surface area contributed by atoms with E-state index in [4.69, 9.17) is 5.73 Å². The lowest BCUT2D eigenvalue weighted by Gasteiger charge is -2.33. The zero-order chi connectivity index (χ0) is 12.5. The van der Waals surface area contributed by atoms with Gasteiger partial charge >= 0.3 is 0 Å². The van der Waals surface area contributed by atoms with E-state index in [9.17, 15) is 12.8 Å². The first-order chi connectivity index (χ1) is 8.04. The van der Waals surface area contributed by atoms with Crippen LogP contribution in [0.15, 0.2) is 24.3 Å². The molecule has 1 saturated heterocycles. The van der Waals surface area contributed by atoms with Gasteiger partial charge in [0.25, 0.3) is 0 Å². The molecule has 1 aliphatic heterocycles. The van der Waals surface area contributed by atoms with Gasteiger partial charge in [-0.15, -0.1) is 0 Å². The van der Waals surface area contributed by atoms with E-state index in [1.165, 1.54) is 6.07 Å². The first-order valence-corrected chi connectivity index (χ1v) is 7.17. The molecule has 0 amide bonds. The Kier molecular flexibility index (Phi) is 3.35. The summed E-state index contributed by atoms with van der Waals surface area (Å²) < 4.78 is 36.9. The van der Waals surface area contributed by atoms with Crippen LogP contribution in [0, 0.1) is 5.82 Å². The molecule has 1 unspecified atom stereocenters. The maximum absolute atomic E-state index is 13.6. The number of para-hydroxylation sites is 1. The molecule has 94 valence electrons. The van der Waals surface area contributed by atoms with Crippen molar-refractivity contribution in [1.82, 2.24) is 0 Å². The van der Waals surface area contributed by atoms with Crippen LogP contribution in [0.5, 0.6) is 0 Å². The highest BCUT2D eigenvalue weighted by Gasteiger charge is 2.32. The third-order valence-corrected chi connectivity index (χ3v) is 5.14. The number of hydrogen-bond donors (Lipinski definition) is 1. The van der Waals surface area contributed by atoms with Crippen LogP contribution < -0.4 is 10.6 Å². The molecule has 2 rings (SSSR count). The van der Waals surface area contributed by atoms with Gasteiger partial charge in [0.2, 0.25) is 0 Å². The van der Waals surface area contributed by atoms with E-state index in [1.54, 1.807) is 23.1 Å². The molecule has 0 radical (unpaired) electrons. The number of nitrogens with zero attached hydrogens (tertiary/aromatic N) is 1. The van der Waals surface area contributed by atoms with Crippen molar-refractivity contribution in [1.29, 1.82) is 0 Å². The Morgan fingerprint density at radius 2 is 2.12 bits per heavy atom. The van der Waals surface area contributed by atoms with Crippen LogP contribution in [0.3, 0.4) is 0 Å². The van der Waals surface area contributed by atoms with Gasteiger partial charge in [-0.3, -0.25) is 0 Å². The van der Waals surface area contributed by atoms with Crippen LogP contribution >= 0.6 is 0 Å². The van der Waals surface area contributed by atoms with Crippen LogP contribution in [0.25, 0.3) is 0 Å². The molecule has 1 aromatic rings. The molecular weight excluding hydrogens is 243 g/mol. The summed E-state index contributed by atoms with van der Waals surface area (Å²) in [5, 5.41) is -0.601. The molecule has 1 heterocycles. The second-order valence-electron chi connectivity index (χ2n) is 4.12. The normalized spacial score (nSPS) is 23.6. The first-order valence-electron chi connectivity index (χ1n) is 5.45. The van der Waals surface area contributed by atoms with E-state index in [2.05, 4.69) is 0 Å². The van der Waals surface area contributed by atoms with Crippen molar-refractivity contribution in [3.8, 4) is 0 Å². The lowest BCUT2D eigenvalue weighted by molar-refractivity contribution is 0.558. The number of anilines is 1. The van der Waals surface area contributed by atoms with E-state index in [1.807, 2.05) is 0 Å². The summed E-state index contributed by atoms with van der Waals surface area (Å²) in [6.07, 6.45) is 0. The van der Waals surface area contributed by atoms with Crippen molar-refractivity contribution in [2.24, 2.45) is 5.73 Å². The van der Waals surface area contributed by atoms with Crippen molar-refractivity contribution in [2.45, 2.75) is 5.25 Å². The zero-order valence-electron chi connectivity index (χ0n) is 9.34. The SMILES string of the molecule is NCC1CN(c2ccccc2F)CCS1(=O)=O. The molecule has 0 spiro atoms. The smallest absolute Gasteiger partial charge is 0.157 e. The van der Waals surface area contributed by atoms with Gasteiger partial charge in [0.1, 0.15) is 5.82 Å². The van der Waals surface area contributed by atoms with Crippen LogP contribution in [0.4, 0.5) is 10.1 Å². The van der Waals surface area contributed by atoms with Gasteiger partial charge in [-0.05, 0) is 12.1 Å². The second-order valence-corrected chi connectivity index (χ2v) is 6.52. The number of benzene rings is 1. The lowest BCUT2D eigenvalue weighted by atomic mass is 10.2. The van der Waals surface area contributed by atoms with E-state index < -0.39 is 15.1 Å². The van der Waals surface area contributed by atoms with Gasteiger partial charge in [0, 0.05) is 19.6 Å². The summed E-state index contributed by atoms with van der Waals surface area (Å²) in [6, 6.07) is 6.37. The summed E-state index contributed by atoms with van der Waals surface area (Å²) in [5.74, 6) is -0.300. The molecule has 0 bridgehead atoms. The number of halogens is 1. The topological polar surface area (TPSA) is 63.4 Å². The van der Waals surface area contributed by atoms with E-state index in [0.717, 1.165) is 0 Å². The minimum absolute atomic E-state index is 0.0310. The Balaban J connectivity index is 2.24. The number of hydrogen-bond acceptors (Lipinski definition) is 4. The largest absolute Gasteiger partial charge is 0.367 e. The van der Waals surface area contributed by atoms with Crippen LogP contribution in [0.2, 0.25) is 0 Å². The third kappa shape index (κ3) is 2.42. The van der Waals surface area contributed by atoms with Crippen molar-refractivity contribution in [2.75, 3.05) is 30.3 Å². The molecule has 1 aliphatic rings. The Labute approximate surface area is 100 Å². The highest BCUT2D eigenvalue weighted by molar-refractivity contribution is 7.92. The average molecular weight is 258 g/mol. The first kappa shape index (κ1) is 12.3. The van der Waals surface area contributed by atoms with Crippen molar-refractivity contribution in [3.05, 3.63) is 30.1 Å². The summed E-state index contributed by atoms with van der Waals surface area (Å²) >= 11 is 0. The monoisotopic (exact) mass is 258 g/mol. The Bertz CT molecular complexity index is 504. The standard InChI is InChI=1S/C11H15FN2O2S/c12-10-3-1-2-4-11(10)14-5-6-17(15,16)9(7-13)8-14/h1-4,9H,5-8,13H2. The van der Waals surface area contributed by atoms with Gasteiger partial charge in [-0.25, -0.2) is 12.8 Å². The molecule has 6 heteroatoms. The molecule has 0 saturated carbocycles. The molecule has 4 nitrogen and oxygen atoms in total. The maximum Gasteiger partial charge on any atom is 0.157 e. The van der Waals surface area contributed by atoms with Crippen LogP contribution in [-0.4, -0.2) is 39.1 Å². The zero-order valence-corrected chi connectivity index (χ0v) is 10.2. The van der Waals surface area contributed by atoms with Crippen LogP contribution in [-0.2, 0) is 9.84 Å². The Hall–Kier alpha value is -1.14. The molecule has 2 N–H and O–H groups in total. The van der Waals surface area contributed by atoms with Crippen molar-refractivity contribution >= 4 is 15.5 Å². The molecule has 17 heavy (non-hydrogen) atoms. The van der Waals surface area contributed by atoms with E-state index >= 15 is 0 Å². The molecule has 0 aliphatic carbocycles. The predicted octanol–water partition coefficient (Wildman–Crippen LogP) is 0.388. The quantitative estimate of drug-likeness (QED) is 0.833. The lowest BCUT2D eigenvalue weighted by Crippen LogP contribution is -2.50. The fourth-order valence-corrected chi connectivity index (χ4v) is 3.51. The molecule has 1 aromatic carbocycles. The highest BCUT2D eigenvalue weighted by atomic mass is 32.2. The molecular formula is C11H15FN2O2S. The Morgan fingerprint density at radius 1 is 1.41 bits per heavy atom. The van der Waals surface area contributed by atoms with Gasteiger partial charge in [0.05, 0.1) is 16.7 Å². The number of rotatable bonds is 2. The van der Waals surface area contributed by atoms with Gasteiger partial charge < -0.3 is 10.6 Å². The minimum Gasteiger partial charge on any atom is -0.367 e. The van der Waals surface area contributed by atoms with Gasteiger partial charge in [0.15, 0.2) is 9.84 Å². The van der Waals surface area contributed by atoms with Crippen molar-refractivity contribution < 1.29 is 12.8 Å². The minimum atomic E-state index is -3.12. The molecule has 0 aromatic heterocycles. The Morgan fingerprint density at radius 3 is 2.76 bits per heavy atom. The van der Waals surface area contributed by atoms with Crippen molar-refractivity contribution in [3.63, 3.8) is 0 Å². The summed E-state index contributed by atoms with van der Waals surface area (Å²) in [5.41, 5.74) is 5.90. The summed E-state index contributed by atoms with van der Waals surface area (Å²) in [6.45, 7) is 0.660. The van der Waals surface area contributed by atoms with E-state index in [0.29, 0.717) is 12.2 Å². The average Bonchev–Trinajstić information content (AvgIpc) is 2.30. The van der Waals surface area contributed by atoms with Crippen LogP contribution in [0.1, 0.15) is 0 Å². The summed E-state index contributed by atoms with van der Waals surface area (Å²) in [7, 11) is -3.12. The van der Waals surface area contributed by atoms with Gasteiger partial charge in [-0.1, -0.05) is 12.1 Å². The third-order valence-electron chi connectivity index (χ3n) is 3.03. The number of sulfone groups is 1. The molecule has 1 atom stereocenters. The van der Waals surface area contributed by atoms with Gasteiger partial charge in [-0.2, -0.15) is 0 Å². The predicted molar refractivity (Wildman–Crippen MR) is 65.2 cm³/mol. The molecule has 1 fully saturated rings. The maximum atomic E-state index is 13.6. The highest BCUT2D eigenvalue weighted by Crippen LogP contribution is 2.22. The fourth-order valence-electron chi connectivity index (χ4n) is 2.00. The summed E-state index contributed by atoms with van der Waals surface area (Å²) in [4.78, 5) is 1.74. The second kappa shape index (κ2) is 4.62.